The fourth-order valence-electron chi connectivity index (χ4n) is 5.60. The van der Waals surface area contributed by atoms with Crippen LogP contribution in [0.15, 0.2) is 0 Å². The molecule has 0 unspecified atom stereocenters. The first-order chi connectivity index (χ1) is 9.24. The topological polar surface area (TPSA) is 56.7 Å². The number of rotatable bonds is 3. The lowest BCUT2D eigenvalue weighted by atomic mass is 9.49. The van der Waals surface area contributed by atoms with E-state index in [0.29, 0.717) is 12.0 Å². The molecule has 19 heavy (non-hydrogen) atoms. The van der Waals surface area contributed by atoms with Crippen LogP contribution in [0.5, 0.6) is 0 Å². The van der Waals surface area contributed by atoms with Crippen molar-refractivity contribution < 1.29 is 0 Å². The summed E-state index contributed by atoms with van der Waals surface area (Å²) in [5.41, 5.74) is 6.15. The van der Waals surface area contributed by atoms with Crippen LogP contribution in [0.3, 0.4) is 0 Å². The molecule has 1 heterocycles. The summed E-state index contributed by atoms with van der Waals surface area (Å²) in [6.45, 7) is 3.65. The van der Waals surface area contributed by atoms with Gasteiger partial charge in [0, 0.05) is 12.0 Å². The van der Waals surface area contributed by atoms with Crippen LogP contribution >= 0.6 is 0 Å². The third-order valence-electron chi connectivity index (χ3n) is 5.84. The van der Waals surface area contributed by atoms with E-state index in [9.17, 15) is 0 Å². The van der Waals surface area contributed by atoms with Gasteiger partial charge in [-0.3, -0.25) is 0 Å². The van der Waals surface area contributed by atoms with E-state index in [0.717, 1.165) is 30.1 Å². The van der Waals surface area contributed by atoms with Gasteiger partial charge in [0.15, 0.2) is 0 Å². The Kier molecular flexibility index (Phi) is 2.53. The van der Waals surface area contributed by atoms with E-state index in [1.807, 2.05) is 0 Å². The van der Waals surface area contributed by atoms with Crippen molar-refractivity contribution in [2.24, 2.45) is 23.5 Å². The minimum absolute atomic E-state index is 0.338. The molecule has 1 aromatic rings. The molecule has 0 aliphatic heterocycles. The van der Waals surface area contributed by atoms with E-state index in [4.69, 9.17) is 5.73 Å². The zero-order valence-electron chi connectivity index (χ0n) is 11.8. The van der Waals surface area contributed by atoms with Gasteiger partial charge in [-0.1, -0.05) is 0 Å². The molecule has 0 saturated heterocycles. The number of nitrogens with zero attached hydrogens (tertiary/aromatic N) is 3. The molecule has 0 radical (unpaired) electrons. The zero-order chi connectivity index (χ0) is 13.0. The average Bonchev–Trinajstić information content (AvgIpc) is 2.80. The monoisotopic (exact) mass is 260 g/mol. The van der Waals surface area contributed by atoms with Crippen molar-refractivity contribution in [3.63, 3.8) is 0 Å². The number of hydrogen-bond donors (Lipinski definition) is 1. The Labute approximate surface area is 114 Å². The van der Waals surface area contributed by atoms with Crippen molar-refractivity contribution in [2.45, 2.75) is 64.0 Å². The molecule has 4 aliphatic carbocycles. The Hall–Kier alpha value is -0.900. The largest absolute Gasteiger partial charge is 0.324 e. The molecule has 1 aromatic heterocycles. The summed E-state index contributed by atoms with van der Waals surface area (Å²) in [7, 11) is 0. The van der Waals surface area contributed by atoms with Crippen LogP contribution in [0.4, 0.5) is 0 Å². The first kappa shape index (κ1) is 11.9. The van der Waals surface area contributed by atoms with Crippen molar-refractivity contribution >= 4 is 0 Å². The molecule has 0 atom stereocenters. The molecule has 4 fully saturated rings. The van der Waals surface area contributed by atoms with Crippen LogP contribution in [0.25, 0.3) is 0 Å². The molecule has 5 rings (SSSR count). The van der Waals surface area contributed by atoms with Crippen LogP contribution in [0.2, 0.25) is 0 Å². The molecule has 2 N–H and O–H groups in total. The summed E-state index contributed by atoms with van der Waals surface area (Å²) in [5, 5.41) is 8.93. The van der Waals surface area contributed by atoms with Crippen molar-refractivity contribution in [3.8, 4) is 0 Å². The second-order valence-corrected chi connectivity index (χ2v) is 7.09. The van der Waals surface area contributed by atoms with E-state index in [2.05, 4.69) is 21.7 Å². The summed E-state index contributed by atoms with van der Waals surface area (Å²) in [6.07, 6.45) is 8.47. The van der Waals surface area contributed by atoms with Gasteiger partial charge < -0.3 is 10.3 Å². The number of aromatic nitrogens is 3. The molecule has 104 valence electrons. The number of nitrogens with two attached hydrogens (primary N) is 1. The Morgan fingerprint density at radius 3 is 2.16 bits per heavy atom. The van der Waals surface area contributed by atoms with Gasteiger partial charge in [0.25, 0.3) is 0 Å². The normalized spacial score (nSPS) is 40.0. The maximum absolute atomic E-state index is 5.81. The van der Waals surface area contributed by atoms with Crippen molar-refractivity contribution in [3.05, 3.63) is 11.6 Å². The second kappa shape index (κ2) is 4.05. The maximum atomic E-state index is 5.81. The third kappa shape index (κ3) is 1.62. The molecule has 4 nitrogen and oxygen atoms in total. The molecule has 0 amide bonds. The van der Waals surface area contributed by atoms with Crippen LogP contribution in [0.1, 0.15) is 57.1 Å². The van der Waals surface area contributed by atoms with E-state index in [1.165, 1.54) is 44.3 Å². The summed E-state index contributed by atoms with van der Waals surface area (Å²) >= 11 is 0. The van der Waals surface area contributed by atoms with Crippen LogP contribution in [0, 0.1) is 17.8 Å². The van der Waals surface area contributed by atoms with E-state index < -0.39 is 0 Å². The lowest BCUT2D eigenvalue weighted by molar-refractivity contribution is -0.0111. The standard InChI is InChI=1S/C15H24N4/c1-2-19-13(9-16)17-18-14(19)15-6-10-3-11(7-15)5-12(4-10)8-15/h10-12H,2-9,16H2,1H3. The highest BCUT2D eigenvalue weighted by Crippen LogP contribution is 2.60. The molecule has 0 spiro atoms. The fraction of sp³-hybridized carbons (Fsp3) is 0.867. The van der Waals surface area contributed by atoms with Gasteiger partial charge in [0.2, 0.25) is 0 Å². The van der Waals surface area contributed by atoms with E-state index in [-0.39, 0.29) is 0 Å². The first-order valence-corrected chi connectivity index (χ1v) is 7.86. The molecule has 4 bridgehead atoms. The van der Waals surface area contributed by atoms with Gasteiger partial charge in [-0.25, -0.2) is 0 Å². The Morgan fingerprint density at radius 1 is 1.11 bits per heavy atom. The Morgan fingerprint density at radius 2 is 1.68 bits per heavy atom. The molecule has 4 saturated carbocycles. The van der Waals surface area contributed by atoms with Gasteiger partial charge in [0.05, 0.1) is 6.54 Å². The van der Waals surface area contributed by atoms with Crippen LogP contribution < -0.4 is 5.73 Å². The molecule has 4 heteroatoms. The first-order valence-electron chi connectivity index (χ1n) is 7.86. The average molecular weight is 260 g/mol. The Bertz CT molecular complexity index is 455. The van der Waals surface area contributed by atoms with E-state index in [1.54, 1.807) is 0 Å². The van der Waals surface area contributed by atoms with Gasteiger partial charge >= 0.3 is 0 Å². The number of hydrogen-bond acceptors (Lipinski definition) is 3. The lowest BCUT2D eigenvalue weighted by Crippen LogP contribution is -2.49. The minimum Gasteiger partial charge on any atom is -0.324 e. The summed E-state index contributed by atoms with van der Waals surface area (Å²) < 4.78 is 2.30. The van der Waals surface area contributed by atoms with Gasteiger partial charge in [0.1, 0.15) is 11.6 Å². The lowest BCUT2D eigenvalue weighted by Gasteiger charge is -2.56. The predicted molar refractivity (Wildman–Crippen MR) is 73.4 cm³/mol. The maximum Gasteiger partial charge on any atom is 0.146 e. The van der Waals surface area contributed by atoms with Crippen molar-refractivity contribution in [2.75, 3.05) is 0 Å². The van der Waals surface area contributed by atoms with Crippen LogP contribution in [-0.2, 0) is 18.5 Å². The smallest absolute Gasteiger partial charge is 0.146 e. The van der Waals surface area contributed by atoms with Gasteiger partial charge in [-0.2, -0.15) is 0 Å². The second-order valence-electron chi connectivity index (χ2n) is 7.09. The third-order valence-corrected chi connectivity index (χ3v) is 5.84. The molecule has 4 aliphatic rings. The minimum atomic E-state index is 0.338. The van der Waals surface area contributed by atoms with Gasteiger partial charge in [-0.15, -0.1) is 10.2 Å². The molecular formula is C15H24N4. The summed E-state index contributed by atoms with van der Waals surface area (Å²) in [4.78, 5) is 0. The van der Waals surface area contributed by atoms with Crippen molar-refractivity contribution in [1.82, 2.24) is 14.8 Å². The highest BCUT2D eigenvalue weighted by atomic mass is 15.3. The summed E-state index contributed by atoms with van der Waals surface area (Å²) in [6, 6.07) is 0. The zero-order valence-corrected chi connectivity index (χ0v) is 11.8. The summed E-state index contributed by atoms with van der Waals surface area (Å²) in [5.74, 6) is 5.08. The molecular weight excluding hydrogens is 236 g/mol. The fourth-order valence-corrected chi connectivity index (χ4v) is 5.60. The SMILES string of the molecule is CCn1c(CN)nnc1C12CC3CC(CC(C3)C1)C2. The predicted octanol–water partition coefficient (Wildman–Crippen LogP) is 2.22. The van der Waals surface area contributed by atoms with Crippen molar-refractivity contribution in [1.29, 1.82) is 0 Å². The van der Waals surface area contributed by atoms with E-state index >= 15 is 0 Å². The van der Waals surface area contributed by atoms with Crippen LogP contribution in [-0.4, -0.2) is 14.8 Å². The highest BCUT2D eigenvalue weighted by Gasteiger charge is 2.53. The molecule has 0 aromatic carbocycles. The highest BCUT2D eigenvalue weighted by molar-refractivity contribution is 5.18. The Balaban J connectivity index is 1.77. The van der Waals surface area contributed by atoms with Gasteiger partial charge in [-0.05, 0) is 63.2 Å². The quantitative estimate of drug-likeness (QED) is 0.906.